The molecule has 3 atom stereocenters. The lowest BCUT2D eigenvalue weighted by Gasteiger charge is -2.38. The van der Waals surface area contributed by atoms with Gasteiger partial charge >= 0.3 is 5.97 Å². The van der Waals surface area contributed by atoms with Crippen LogP contribution in [0.1, 0.15) is 125 Å². The standard InChI is InChI=1S/C27H50O6/c1-6-11-14-15-16-19-24(30)33-27(23(29)20-28,25(31)21(9-4)17-12-7-2)26(32)22(10-5)18-13-8-3/h21-23,28-29H,6-20H2,1-5H3. The molecule has 6 nitrogen and oxygen atoms in total. The summed E-state index contributed by atoms with van der Waals surface area (Å²) in [4.78, 5) is 40.5. The molecule has 0 aromatic rings. The second-order valence-corrected chi connectivity index (χ2v) is 9.30. The molecule has 0 bridgehead atoms. The number of aliphatic hydroxyl groups is 2. The Morgan fingerprint density at radius 3 is 1.58 bits per heavy atom. The van der Waals surface area contributed by atoms with Crippen LogP contribution in [0.2, 0.25) is 0 Å². The molecule has 0 aliphatic heterocycles. The Morgan fingerprint density at radius 1 is 0.727 bits per heavy atom. The summed E-state index contributed by atoms with van der Waals surface area (Å²) in [7, 11) is 0. The average molecular weight is 471 g/mol. The minimum Gasteiger partial charge on any atom is -0.440 e. The van der Waals surface area contributed by atoms with Crippen LogP contribution in [0.5, 0.6) is 0 Å². The van der Waals surface area contributed by atoms with Crippen LogP contribution in [0, 0.1) is 11.8 Å². The minimum absolute atomic E-state index is 0.0850. The molecule has 0 spiro atoms. The Morgan fingerprint density at radius 2 is 1.18 bits per heavy atom. The molecule has 0 aliphatic carbocycles. The van der Waals surface area contributed by atoms with E-state index in [1.807, 2.05) is 27.7 Å². The van der Waals surface area contributed by atoms with Gasteiger partial charge in [-0.1, -0.05) is 86.0 Å². The molecule has 0 rings (SSSR count). The molecular weight excluding hydrogens is 420 g/mol. The van der Waals surface area contributed by atoms with E-state index in [0.29, 0.717) is 32.1 Å². The van der Waals surface area contributed by atoms with Crippen LogP contribution in [0.15, 0.2) is 0 Å². The number of esters is 1. The predicted octanol–water partition coefficient (Wildman–Crippen LogP) is 5.55. The number of unbranched alkanes of at least 4 members (excludes halogenated alkanes) is 6. The normalized spacial score (nSPS) is 16.0. The molecule has 2 N–H and O–H groups in total. The number of carbonyl (C=O) groups excluding carboxylic acids is 3. The van der Waals surface area contributed by atoms with Crippen molar-refractivity contribution in [1.29, 1.82) is 0 Å². The first-order valence-electron chi connectivity index (χ1n) is 13.4. The summed E-state index contributed by atoms with van der Waals surface area (Å²) in [5, 5.41) is 20.7. The fourth-order valence-electron chi connectivity index (χ4n) is 4.40. The number of Topliss-reactive ketones (excluding diaryl/α,β-unsaturated/α-hetero) is 2. The van der Waals surface area contributed by atoms with Gasteiger partial charge in [0.1, 0.15) is 6.10 Å². The summed E-state index contributed by atoms with van der Waals surface area (Å²) in [5.41, 5.74) is -2.34. The van der Waals surface area contributed by atoms with Gasteiger partial charge in [0.05, 0.1) is 6.61 Å². The van der Waals surface area contributed by atoms with Crippen LogP contribution < -0.4 is 0 Å². The Balaban J connectivity index is 6.11. The number of hydrogen-bond acceptors (Lipinski definition) is 6. The second kappa shape index (κ2) is 18.1. The van der Waals surface area contributed by atoms with Crippen molar-refractivity contribution in [3.63, 3.8) is 0 Å². The fraction of sp³-hybridized carbons (Fsp3) is 0.889. The van der Waals surface area contributed by atoms with Gasteiger partial charge in [-0.15, -0.1) is 0 Å². The van der Waals surface area contributed by atoms with E-state index in [1.54, 1.807) is 0 Å². The third-order valence-electron chi connectivity index (χ3n) is 6.67. The molecule has 0 radical (unpaired) electrons. The van der Waals surface area contributed by atoms with Crippen LogP contribution >= 0.6 is 0 Å². The molecular formula is C27H50O6. The molecule has 0 fully saturated rings. The summed E-state index contributed by atoms with van der Waals surface area (Å²) < 4.78 is 5.70. The van der Waals surface area contributed by atoms with Crippen molar-refractivity contribution in [1.82, 2.24) is 0 Å². The molecule has 0 aromatic carbocycles. The van der Waals surface area contributed by atoms with E-state index in [0.717, 1.165) is 51.4 Å². The van der Waals surface area contributed by atoms with Gasteiger partial charge in [0, 0.05) is 18.3 Å². The smallest absolute Gasteiger partial charge is 0.307 e. The molecule has 33 heavy (non-hydrogen) atoms. The van der Waals surface area contributed by atoms with E-state index >= 15 is 0 Å². The zero-order valence-corrected chi connectivity index (χ0v) is 21.9. The lowest BCUT2D eigenvalue weighted by molar-refractivity contribution is -0.192. The van der Waals surface area contributed by atoms with E-state index in [4.69, 9.17) is 4.74 Å². The van der Waals surface area contributed by atoms with Gasteiger partial charge in [-0.05, 0) is 32.1 Å². The summed E-state index contributed by atoms with van der Waals surface area (Å²) in [6, 6.07) is 0. The van der Waals surface area contributed by atoms with Crippen LogP contribution in [-0.4, -0.2) is 46.1 Å². The fourth-order valence-corrected chi connectivity index (χ4v) is 4.40. The quantitative estimate of drug-likeness (QED) is 0.129. The van der Waals surface area contributed by atoms with Crippen molar-refractivity contribution in [3.05, 3.63) is 0 Å². The highest BCUT2D eigenvalue weighted by Gasteiger charge is 2.57. The van der Waals surface area contributed by atoms with Gasteiger partial charge in [-0.2, -0.15) is 0 Å². The zero-order chi connectivity index (χ0) is 25.3. The van der Waals surface area contributed by atoms with E-state index < -0.39 is 47.7 Å². The van der Waals surface area contributed by atoms with Gasteiger partial charge < -0.3 is 14.9 Å². The van der Waals surface area contributed by atoms with Crippen molar-refractivity contribution in [2.24, 2.45) is 11.8 Å². The SMILES string of the molecule is CCCCCCCC(=O)OC(C(=O)C(CC)CCCC)(C(=O)C(CC)CCCC)C(O)CO. The van der Waals surface area contributed by atoms with Gasteiger partial charge in [-0.25, -0.2) is 0 Å². The zero-order valence-electron chi connectivity index (χ0n) is 21.9. The first kappa shape index (κ1) is 31.7. The van der Waals surface area contributed by atoms with Crippen LogP contribution in [0.4, 0.5) is 0 Å². The minimum atomic E-state index is -2.34. The summed E-state index contributed by atoms with van der Waals surface area (Å²) >= 11 is 0. The molecule has 3 unspecified atom stereocenters. The van der Waals surface area contributed by atoms with Gasteiger partial charge in [0.15, 0.2) is 11.6 Å². The third-order valence-corrected chi connectivity index (χ3v) is 6.67. The van der Waals surface area contributed by atoms with Gasteiger partial charge in [0.25, 0.3) is 5.60 Å². The predicted molar refractivity (Wildman–Crippen MR) is 132 cm³/mol. The number of aliphatic hydroxyl groups excluding tert-OH is 2. The molecule has 0 saturated heterocycles. The van der Waals surface area contributed by atoms with Crippen molar-refractivity contribution in [3.8, 4) is 0 Å². The third kappa shape index (κ3) is 9.86. The van der Waals surface area contributed by atoms with Crippen molar-refractivity contribution < 1.29 is 29.3 Å². The average Bonchev–Trinajstić information content (AvgIpc) is 2.82. The Kier molecular flexibility index (Phi) is 17.4. The first-order chi connectivity index (χ1) is 15.8. The molecule has 0 amide bonds. The lowest BCUT2D eigenvalue weighted by atomic mass is 9.73. The van der Waals surface area contributed by atoms with Crippen LogP contribution in [-0.2, 0) is 19.1 Å². The molecule has 0 aromatic heterocycles. The van der Waals surface area contributed by atoms with Crippen LogP contribution in [0.25, 0.3) is 0 Å². The van der Waals surface area contributed by atoms with E-state index in [1.165, 1.54) is 0 Å². The topological polar surface area (TPSA) is 101 Å². The van der Waals surface area contributed by atoms with Crippen LogP contribution in [0.3, 0.4) is 0 Å². The number of carbonyl (C=O) groups is 3. The molecule has 6 heteroatoms. The summed E-state index contributed by atoms with van der Waals surface area (Å²) in [6.45, 7) is 9.06. The molecule has 194 valence electrons. The maximum Gasteiger partial charge on any atom is 0.307 e. The van der Waals surface area contributed by atoms with Crippen molar-refractivity contribution in [2.75, 3.05) is 6.61 Å². The van der Waals surface area contributed by atoms with E-state index in [-0.39, 0.29) is 6.42 Å². The highest BCUT2D eigenvalue weighted by atomic mass is 16.6. The first-order valence-corrected chi connectivity index (χ1v) is 13.4. The number of hydrogen-bond donors (Lipinski definition) is 2. The summed E-state index contributed by atoms with van der Waals surface area (Å²) in [5.74, 6) is -2.80. The number of ether oxygens (including phenoxy) is 1. The second-order valence-electron chi connectivity index (χ2n) is 9.30. The Hall–Kier alpha value is -1.27. The maximum atomic E-state index is 13.8. The largest absolute Gasteiger partial charge is 0.440 e. The van der Waals surface area contributed by atoms with E-state index in [9.17, 15) is 24.6 Å². The Bertz CT molecular complexity index is 531. The van der Waals surface area contributed by atoms with Gasteiger partial charge in [0.2, 0.25) is 0 Å². The monoisotopic (exact) mass is 470 g/mol. The Labute approximate surface area is 201 Å². The maximum absolute atomic E-state index is 13.8. The molecule has 0 heterocycles. The van der Waals surface area contributed by atoms with Crippen molar-refractivity contribution >= 4 is 17.5 Å². The highest BCUT2D eigenvalue weighted by molar-refractivity contribution is 6.14. The van der Waals surface area contributed by atoms with Gasteiger partial charge in [-0.3, -0.25) is 14.4 Å². The lowest BCUT2D eigenvalue weighted by Crippen LogP contribution is -2.63. The molecule has 0 aliphatic rings. The number of rotatable bonds is 21. The highest BCUT2D eigenvalue weighted by Crippen LogP contribution is 2.33. The number of ketones is 2. The molecule has 0 saturated carbocycles. The van der Waals surface area contributed by atoms with Crippen molar-refractivity contribution in [2.45, 2.75) is 136 Å². The van der Waals surface area contributed by atoms with E-state index in [2.05, 4.69) is 6.92 Å². The summed E-state index contributed by atoms with van der Waals surface area (Å²) in [6.07, 6.45) is 8.40.